The Morgan fingerprint density at radius 1 is 1.32 bits per heavy atom. The second kappa shape index (κ2) is 6.68. The highest BCUT2D eigenvalue weighted by Gasteiger charge is 2.40. The van der Waals surface area contributed by atoms with Gasteiger partial charge in [0.15, 0.2) is 11.5 Å². The van der Waals surface area contributed by atoms with Crippen LogP contribution in [0.4, 0.5) is 0 Å². The van der Waals surface area contributed by atoms with E-state index in [1.165, 1.54) is 7.11 Å². The van der Waals surface area contributed by atoms with Crippen LogP contribution in [0.1, 0.15) is 31.4 Å². The molecule has 1 fully saturated rings. The molecule has 1 aromatic carbocycles. The molecule has 0 saturated carbocycles. The van der Waals surface area contributed by atoms with Crippen LogP contribution in [-0.4, -0.2) is 42.6 Å². The maximum Gasteiger partial charge on any atom is 0.308 e. The van der Waals surface area contributed by atoms with Gasteiger partial charge in [-0.3, -0.25) is 9.59 Å². The minimum atomic E-state index is -0.884. The highest BCUT2D eigenvalue weighted by molar-refractivity contribution is 5.81. The first-order valence-corrected chi connectivity index (χ1v) is 7.27. The van der Waals surface area contributed by atoms with Crippen molar-refractivity contribution in [1.82, 2.24) is 4.90 Å². The molecule has 0 unspecified atom stereocenters. The van der Waals surface area contributed by atoms with Gasteiger partial charge in [-0.15, -0.1) is 0 Å². The molecule has 1 amide bonds. The van der Waals surface area contributed by atoms with Gasteiger partial charge in [0.2, 0.25) is 5.91 Å². The minimum absolute atomic E-state index is 0.0141. The number of carbonyl (C=O) groups excluding carboxylic acids is 1. The molecule has 1 aliphatic rings. The van der Waals surface area contributed by atoms with E-state index in [0.717, 1.165) is 5.56 Å². The highest BCUT2D eigenvalue weighted by Crippen LogP contribution is 2.39. The number of benzene rings is 1. The van der Waals surface area contributed by atoms with E-state index in [-0.39, 0.29) is 12.3 Å². The molecule has 1 heterocycles. The number of methoxy groups -OCH3 is 2. The molecule has 2 rings (SSSR count). The highest BCUT2D eigenvalue weighted by atomic mass is 16.5. The summed E-state index contributed by atoms with van der Waals surface area (Å²) >= 11 is 0. The summed E-state index contributed by atoms with van der Waals surface area (Å²) < 4.78 is 10.5. The zero-order valence-corrected chi connectivity index (χ0v) is 13.0. The van der Waals surface area contributed by atoms with Crippen molar-refractivity contribution in [3.8, 4) is 11.5 Å². The van der Waals surface area contributed by atoms with Gasteiger partial charge < -0.3 is 19.5 Å². The average molecular weight is 307 g/mol. The molecule has 1 N–H and O–H groups in total. The first-order valence-electron chi connectivity index (χ1n) is 7.27. The van der Waals surface area contributed by atoms with Gasteiger partial charge in [-0.25, -0.2) is 0 Å². The molecule has 120 valence electrons. The van der Waals surface area contributed by atoms with Gasteiger partial charge in [0.25, 0.3) is 0 Å². The summed E-state index contributed by atoms with van der Waals surface area (Å²) in [4.78, 5) is 25.4. The number of carbonyl (C=O) groups is 2. The monoisotopic (exact) mass is 307 g/mol. The SMILES string of the molecule is CCN1C(=O)CC[C@H](C(=O)O)[C@@H]1c1ccc(OC)c(OC)c1. The van der Waals surface area contributed by atoms with E-state index in [0.29, 0.717) is 24.5 Å². The number of ether oxygens (including phenoxy) is 2. The standard InChI is InChI=1S/C16H21NO5/c1-4-17-14(18)8-6-11(16(19)20)15(17)10-5-7-12(21-2)13(9-10)22-3/h5,7,9,11,15H,4,6,8H2,1-3H3,(H,19,20)/t11-,15-/m0/s1. The molecule has 1 saturated heterocycles. The van der Waals surface area contributed by atoms with Crippen molar-refractivity contribution in [3.63, 3.8) is 0 Å². The predicted molar refractivity (Wildman–Crippen MR) is 80.0 cm³/mol. The molecule has 22 heavy (non-hydrogen) atoms. The Balaban J connectivity index is 2.47. The lowest BCUT2D eigenvalue weighted by atomic mass is 9.84. The molecule has 0 radical (unpaired) electrons. The molecule has 0 spiro atoms. The van der Waals surface area contributed by atoms with Crippen molar-refractivity contribution >= 4 is 11.9 Å². The largest absolute Gasteiger partial charge is 0.493 e. The third-order valence-electron chi connectivity index (χ3n) is 4.11. The predicted octanol–water partition coefficient (Wildman–Crippen LogP) is 2.09. The van der Waals surface area contributed by atoms with E-state index in [1.54, 1.807) is 30.2 Å². The van der Waals surface area contributed by atoms with Gasteiger partial charge in [0, 0.05) is 13.0 Å². The van der Waals surface area contributed by atoms with Crippen molar-refractivity contribution in [1.29, 1.82) is 0 Å². The summed E-state index contributed by atoms with van der Waals surface area (Å²) in [5.74, 6) is -0.414. The number of hydrogen-bond acceptors (Lipinski definition) is 4. The Morgan fingerprint density at radius 2 is 2.00 bits per heavy atom. The number of nitrogens with zero attached hydrogens (tertiary/aromatic N) is 1. The van der Waals surface area contributed by atoms with E-state index >= 15 is 0 Å². The molecule has 0 aliphatic carbocycles. The van der Waals surface area contributed by atoms with E-state index in [4.69, 9.17) is 9.47 Å². The van der Waals surface area contributed by atoms with Crippen LogP contribution in [0.2, 0.25) is 0 Å². The van der Waals surface area contributed by atoms with Crippen LogP contribution >= 0.6 is 0 Å². The van der Waals surface area contributed by atoms with Gasteiger partial charge in [0.05, 0.1) is 26.2 Å². The fraction of sp³-hybridized carbons (Fsp3) is 0.500. The van der Waals surface area contributed by atoms with Crippen LogP contribution in [0, 0.1) is 5.92 Å². The topological polar surface area (TPSA) is 76.1 Å². The van der Waals surface area contributed by atoms with Crippen molar-refractivity contribution in [2.24, 2.45) is 5.92 Å². The van der Waals surface area contributed by atoms with Gasteiger partial charge in [-0.1, -0.05) is 6.07 Å². The van der Waals surface area contributed by atoms with Crippen molar-refractivity contribution < 1.29 is 24.2 Å². The average Bonchev–Trinajstić information content (AvgIpc) is 2.53. The Bertz CT molecular complexity index is 570. The smallest absolute Gasteiger partial charge is 0.308 e. The van der Waals surface area contributed by atoms with Crippen LogP contribution in [0.25, 0.3) is 0 Å². The normalized spacial score (nSPS) is 21.6. The van der Waals surface area contributed by atoms with E-state index in [9.17, 15) is 14.7 Å². The van der Waals surface area contributed by atoms with Crippen LogP contribution in [0.15, 0.2) is 18.2 Å². The summed E-state index contributed by atoms with van der Waals surface area (Å²) in [6.45, 7) is 2.33. The van der Waals surface area contributed by atoms with Crippen molar-refractivity contribution in [2.45, 2.75) is 25.8 Å². The summed E-state index contributed by atoms with van der Waals surface area (Å²) in [6, 6.07) is 4.80. The van der Waals surface area contributed by atoms with Crippen LogP contribution < -0.4 is 9.47 Å². The van der Waals surface area contributed by atoms with E-state index in [1.807, 2.05) is 6.92 Å². The molecule has 6 heteroatoms. The second-order valence-corrected chi connectivity index (χ2v) is 5.22. The molecular weight excluding hydrogens is 286 g/mol. The van der Waals surface area contributed by atoms with Crippen molar-refractivity contribution in [2.75, 3.05) is 20.8 Å². The first-order chi connectivity index (χ1) is 10.5. The summed E-state index contributed by atoms with van der Waals surface area (Å²) in [5, 5.41) is 9.50. The maximum absolute atomic E-state index is 12.1. The van der Waals surface area contributed by atoms with E-state index in [2.05, 4.69) is 0 Å². The Labute approximate surface area is 129 Å². The van der Waals surface area contributed by atoms with Gasteiger partial charge >= 0.3 is 5.97 Å². The summed E-state index contributed by atoms with van der Waals surface area (Å²) in [6.07, 6.45) is 0.623. The maximum atomic E-state index is 12.1. The summed E-state index contributed by atoms with van der Waals surface area (Å²) in [5.41, 5.74) is 0.750. The first kappa shape index (κ1) is 16.1. The lowest BCUT2D eigenvalue weighted by molar-refractivity contribution is -0.151. The lowest BCUT2D eigenvalue weighted by Crippen LogP contribution is -2.45. The Morgan fingerprint density at radius 3 is 2.55 bits per heavy atom. The number of hydrogen-bond donors (Lipinski definition) is 1. The van der Waals surface area contributed by atoms with Gasteiger partial charge in [-0.2, -0.15) is 0 Å². The van der Waals surface area contributed by atoms with Crippen LogP contribution in [0.5, 0.6) is 11.5 Å². The molecule has 0 bridgehead atoms. The quantitative estimate of drug-likeness (QED) is 0.901. The number of amides is 1. The zero-order valence-electron chi connectivity index (χ0n) is 13.0. The fourth-order valence-corrected chi connectivity index (χ4v) is 3.03. The lowest BCUT2D eigenvalue weighted by Gasteiger charge is -2.39. The summed E-state index contributed by atoms with van der Waals surface area (Å²) in [7, 11) is 3.07. The third-order valence-corrected chi connectivity index (χ3v) is 4.11. The van der Waals surface area contributed by atoms with Gasteiger partial charge in [0.1, 0.15) is 0 Å². The number of piperidine rings is 1. The molecule has 2 atom stereocenters. The molecule has 1 aromatic rings. The van der Waals surface area contributed by atoms with Gasteiger partial charge in [-0.05, 0) is 31.0 Å². The number of carboxylic acid groups (broad SMARTS) is 1. The van der Waals surface area contributed by atoms with Crippen LogP contribution in [0.3, 0.4) is 0 Å². The fourth-order valence-electron chi connectivity index (χ4n) is 3.03. The molecular formula is C16H21NO5. The van der Waals surface area contributed by atoms with Crippen molar-refractivity contribution in [3.05, 3.63) is 23.8 Å². The Kier molecular flexibility index (Phi) is 4.90. The van der Waals surface area contributed by atoms with E-state index < -0.39 is 17.9 Å². The zero-order chi connectivity index (χ0) is 16.3. The Hall–Kier alpha value is -2.24. The number of likely N-dealkylation sites (tertiary alicyclic amines) is 1. The number of rotatable bonds is 5. The molecule has 0 aromatic heterocycles. The minimum Gasteiger partial charge on any atom is -0.493 e. The molecule has 6 nitrogen and oxygen atoms in total. The molecule has 1 aliphatic heterocycles. The third kappa shape index (κ3) is 2.86. The number of aliphatic carboxylic acids is 1. The second-order valence-electron chi connectivity index (χ2n) is 5.22. The van der Waals surface area contributed by atoms with Crippen LogP contribution in [-0.2, 0) is 9.59 Å². The number of carboxylic acids is 1.